The lowest BCUT2D eigenvalue weighted by Gasteiger charge is -2.09. The van der Waals surface area contributed by atoms with E-state index in [4.69, 9.17) is 11.6 Å². The highest BCUT2D eigenvalue weighted by molar-refractivity contribution is 7.91. The van der Waals surface area contributed by atoms with Crippen LogP contribution in [0.25, 0.3) is 0 Å². The van der Waals surface area contributed by atoms with Gasteiger partial charge in [-0.15, -0.1) is 0 Å². The average molecular weight is 303 g/mol. The Balaban J connectivity index is 1.93. The van der Waals surface area contributed by atoms with Gasteiger partial charge in [0.2, 0.25) is 5.91 Å². The van der Waals surface area contributed by atoms with E-state index in [1.807, 2.05) is 0 Å². The van der Waals surface area contributed by atoms with Crippen LogP contribution in [0.1, 0.15) is 18.4 Å². The van der Waals surface area contributed by atoms with Crippen molar-refractivity contribution in [2.45, 2.75) is 19.8 Å². The Morgan fingerprint density at radius 1 is 1.58 bits per heavy atom. The zero-order valence-corrected chi connectivity index (χ0v) is 12.1. The standard InChI is InChI=1S/C12H15ClN2O3S/c1-8-4-10(6-14-12(8)13)15-11(16)5-9-2-3-19(17,18)7-9/h4,6,9H,2-3,5,7H2,1H3,(H,15,16). The van der Waals surface area contributed by atoms with Crippen LogP contribution in [0.4, 0.5) is 5.69 Å². The molecule has 0 radical (unpaired) electrons. The van der Waals surface area contributed by atoms with Crippen LogP contribution in [-0.4, -0.2) is 30.8 Å². The topological polar surface area (TPSA) is 76.1 Å². The minimum absolute atomic E-state index is 0.0774. The van der Waals surface area contributed by atoms with E-state index in [9.17, 15) is 13.2 Å². The molecule has 1 unspecified atom stereocenters. The summed E-state index contributed by atoms with van der Waals surface area (Å²) in [5.74, 6) is 0.0298. The van der Waals surface area contributed by atoms with Crippen LogP contribution in [0, 0.1) is 12.8 Å². The van der Waals surface area contributed by atoms with E-state index >= 15 is 0 Å². The number of hydrogen-bond acceptors (Lipinski definition) is 4. The van der Waals surface area contributed by atoms with Gasteiger partial charge >= 0.3 is 0 Å². The molecule has 7 heteroatoms. The van der Waals surface area contributed by atoms with Crippen molar-refractivity contribution in [1.29, 1.82) is 0 Å². The van der Waals surface area contributed by atoms with Gasteiger partial charge < -0.3 is 5.32 Å². The smallest absolute Gasteiger partial charge is 0.224 e. The van der Waals surface area contributed by atoms with E-state index in [-0.39, 0.29) is 29.8 Å². The van der Waals surface area contributed by atoms with Crippen molar-refractivity contribution in [2.75, 3.05) is 16.8 Å². The van der Waals surface area contributed by atoms with Crippen LogP contribution in [0.15, 0.2) is 12.3 Å². The Hall–Kier alpha value is -1.14. The predicted octanol–water partition coefficient (Wildman–Crippen LogP) is 1.81. The van der Waals surface area contributed by atoms with Gasteiger partial charge in [0.15, 0.2) is 9.84 Å². The molecule has 2 heterocycles. The molecule has 5 nitrogen and oxygen atoms in total. The second-order valence-electron chi connectivity index (χ2n) is 4.85. The number of aryl methyl sites for hydroxylation is 1. The van der Waals surface area contributed by atoms with Crippen molar-refractivity contribution in [3.8, 4) is 0 Å². The van der Waals surface area contributed by atoms with Crippen LogP contribution in [0.2, 0.25) is 5.15 Å². The van der Waals surface area contributed by atoms with E-state index < -0.39 is 9.84 Å². The van der Waals surface area contributed by atoms with Crippen LogP contribution in [0.5, 0.6) is 0 Å². The molecule has 19 heavy (non-hydrogen) atoms. The first-order valence-corrected chi connectivity index (χ1v) is 8.18. The van der Waals surface area contributed by atoms with Gasteiger partial charge in [-0.1, -0.05) is 11.6 Å². The third-order valence-electron chi connectivity index (χ3n) is 3.10. The maximum atomic E-state index is 11.8. The molecule has 1 saturated heterocycles. The monoisotopic (exact) mass is 302 g/mol. The highest BCUT2D eigenvalue weighted by Crippen LogP contribution is 2.22. The summed E-state index contributed by atoms with van der Waals surface area (Å²) in [5, 5.41) is 3.11. The van der Waals surface area contributed by atoms with Crippen molar-refractivity contribution in [3.63, 3.8) is 0 Å². The summed E-state index contributed by atoms with van der Waals surface area (Å²) in [6.07, 6.45) is 2.27. The summed E-state index contributed by atoms with van der Waals surface area (Å²) in [6, 6.07) is 1.73. The van der Waals surface area contributed by atoms with Crippen molar-refractivity contribution in [1.82, 2.24) is 4.98 Å². The number of carbonyl (C=O) groups is 1. The summed E-state index contributed by atoms with van der Waals surface area (Å²) in [5.41, 5.74) is 1.36. The normalized spacial score (nSPS) is 21.3. The minimum atomic E-state index is -2.94. The SMILES string of the molecule is Cc1cc(NC(=O)CC2CCS(=O)(=O)C2)cnc1Cl. The van der Waals surface area contributed by atoms with Crippen molar-refractivity contribution in [2.24, 2.45) is 5.92 Å². The van der Waals surface area contributed by atoms with E-state index in [1.54, 1.807) is 13.0 Å². The number of sulfone groups is 1. The summed E-state index contributed by atoms with van der Waals surface area (Å²) in [4.78, 5) is 15.8. The van der Waals surface area contributed by atoms with Crippen LogP contribution < -0.4 is 5.32 Å². The number of carbonyl (C=O) groups excluding carboxylic acids is 1. The third-order valence-corrected chi connectivity index (χ3v) is 5.33. The molecule has 1 aromatic rings. The molecular formula is C12H15ClN2O3S. The molecule has 0 aliphatic carbocycles. The largest absolute Gasteiger partial charge is 0.325 e. The van der Waals surface area contributed by atoms with Crippen LogP contribution in [-0.2, 0) is 14.6 Å². The quantitative estimate of drug-likeness (QED) is 0.864. The van der Waals surface area contributed by atoms with E-state index in [2.05, 4.69) is 10.3 Å². The molecule has 1 N–H and O–H groups in total. The van der Waals surface area contributed by atoms with Crippen LogP contribution >= 0.6 is 11.6 Å². The molecule has 1 atom stereocenters. The van der Waals surface area contributed by atoms with E-state index in [0.717, 1.165) is 5.56 Å². The number of halogens is 1. The third kappa shape index (κ3) is 3.91. The molecule has 104 valence electrons. The van der Waals surface area contributed by atoms with Gasteiger partial charge in [0.1, 0.15) is 5.15 Å². The van der Waals surface area contributed by atoms with E-state index in [1.165, 1.54) is 6.20 Å². The van der Waals surface area contributed by atoms with Gasteiger partial charge in [0, 0.05) is 6.42 Å². The fourth-order valence-corrected chi connectivity index (χ4v) is 4.10. The maximum Gasteiger partial charge on any atom is 0.224 e. The molecule has 0 aromatic carbocycles. The highest BCUT2D eigenvalue weighted by Gasteiger charge is 2.29. The Labute approximate surface area is 117 Å². The Morgan fingerprint density at radius 2 is 2.32 bits per heavy atom. The summed E-state index contributed by atoms with van der Waals surface area (Å²) in [7, 11) is -2.94. The van der Waals surface area contributed by atoms with E-state index in [0.29, 0.717) is 17.3 Å². The lowest BCUT2D eigenvalue weighted by molar-refractivity contribution is -0.116. The van der Waals surface area contributed by atoms with Gasteiger partial charge in [-0.3, -0.25) is 4.79 Å². The molecule has 1 aliphatic heterocycles. The van der Waals surface area contributed by atoms with Gasteiger partial charge in [-0.25, -0.2) is 13.4 Å². The number of pyridine rings is 1. The van der Waals surface area contributed by atoms with Crippen molar-refractivity contribution >= 4 is 33.0 Å². The molecular weight excluding hydrogens is 288 g/mol. The second kappa shape index (κ2) is 5.46. The number of amides is 1. The first-order valence-electron chi connectivity index (χ1n) is 5.98. The Bertz CT molecular complexity index is 601. The fraction of sp³-hybridized carbons (Fsp3) is 0.500. The van der Waals surface area contributed by atoms with Gasteiger partial charge in [-0.2, -0.15) is 0 Å². The minimum Gasteiger partial charge on any atom is -0.325 e. The summed E-state index contributed by atoms with van der Waals surface area (Å²) < 4.78 is 22.6. The average Bonchev–Trinajstić information content (AvgIpc) is 2.63. The molecule has 1 fully saturated rings. The van der Waals surface area contributed by atoms with Crippen LogP contribution in [0.3, 0.4) is 0 Å². The lowest BCUT2D eigenvalue weighted by atomic mass is 10.1. The summed E-state index contributed by atoms with van der Waals surface area (Å²) in [6.45, 7) is 1.80. The summed E-state index contributed by atoms with van der Waals surface area (Å²) >= 11 is 5.80. The van der Waals surface area contributed by atoms with Crippen molar-refractivity contribution < 1.29 is 13.2 Å². The zero-order chi connectivity index (χ0) is 14.0. The maximum absolute atomic E-state index is 11.8. The number of nitrogens with zero attached hydrogens (tertiary/aromatic N) is 1. The first kappa shape index (κ1) is 14.3. The number of hydrogen-bond donors (Lipinski definition) is 1. The predicted molar refractivity (Wildman–Crippen MR) is 74.0 cm³/mol. The fourth-order valence-electron chi connectivity index (χ4n) is 2.13. The van der Waals surface area contributed by atoms with Gasteiger partial charge in [0.05, 0.1) is 23.4 Å². The van der Waals surface area contributed by atoms with Crippen molar-refractivity contribution in [3.05, 3.63) is 23.0 Å². The molecule has 1 amide bonds. The number of aromatic nitrogens is 1. The molecule has 0 saturated carbocycles. The molecule has 0 bridgehead atoms. The molecule has 2 rings (SSSR count). The highest BCUT2D eigenvalue weighted by atomic mass is 35.5. The first-order chi connectivity index (χ1) is 8.85. The zero-order valence-electron chi connectivity index (χ0n) is 10.5. The number of rotatable bonds is 3. The Morgan fingerprint density at radius 3 is 2.89 bits per heavy atom. The molecule has 1 aliphatic rings. The van der Waals surface area contributed by atoms with Gasteiger partial charge in [0.25, 0.3) is 0 Å². The Kier molecular flexibility index (Phi) is 4.10. The van der Waals surface area contributed by atoms with Gasteiger partial charge in [-0.05, 0) is 30.9 Å². The number of anilines is 1. The second-order valence-corrected chi connectivity index (χ2v) is 7.44. The number of nitrogens with one attached hydrogen (secondary N) is 1. The lowest BCUT2D eigenvalue weighted by Crippen LogP contribution is -2.17. The molecule has 0 spiro atoms. The molecule has 1 aromatic heterocycles.